The van der Waals surface area contributed by atoms with E-state index >= 15 is 0 Å². The van der Waals surface area contributed by atoms with Gasteiger partial charge in [-0.15, -0.1) is 0 Å². The molecule has 2 heterocycles. The van der Waals surface area contributed by atoms with E-state index in [0.717, 1.165) is 17.8 Å². The smallest absolute Gasteiger partial charge is 0.240 e. The summed E-state index contributed by atoms with van der Waals surface area (Å²) in [4.78, 5) is 13.6. The molecule has 0 spiro atoms. The topological polar surface area (TPSA) is 95.2 Å². The summed E-state index contributed by atoms with van der Waals surface area (Å²) in [6.07, 6.45) is 3.56. The fourth-order valence-electron chi connectivity index (χ4n) is 2.55. The fraction of sp³-hybridized carbons (Fsp3) is 0.333. The van der Waals surface area contributed by atoms with Gasteiger partial charge >= 0.3 is 0 Å². The number of sulfonamides is 1. The molecule has 0 aliphatic carbocycles. The number of H-pyrrole nitrogens is 1. The number of carbonyl (C=O) groups excluding carboxylic acids is 1. The van der Waals surface area contributed by atoms with Gasteiger partial charge in [0, 0.05) is 43.5 Å². The standard InChI is InChI=1S/C15H18N4O3S/c20-15-2-1-11-19(15)13-3-5-14(6-4-13)23(21,22)17-10-8-12-7-9-16-18-12/h3-7,9,17H,1-2,8,10-11H2,(H,16,18). The van der Waals surface area contributed by atoms with Gasteiger partial charge in [0.15, 0.2) is 0 Å². The Morgan fingerprint density at radius 2 is 2.00 bits per heavy atom. The summed E-state index contributed by atoms with van der Waals surface area (Å²) in [5.41, 5.74) is 1.61. The zero-order valence-electron chi connectivity index (χ0n) is 12.5. The summed E-state index contributed by atoms with van der Waals surface area (Å²) < 4.78 is 27.0. The number of nitrogens with one attached hydrogen (secondary N) is 2. The molecule has 2 aromatic rings. The Morgan fingerprint density at radius 3 is 2.61 bits per heavy atom. The number of aromatic nitrogens is 2. The second-order valence-electron chi connectivity index (χ2n) is 5.37. The first-order valence-corrected chi connectivity index (χ1v) is 8.93. The normalized spacial score (nSPS) is 15.3. The third-order valence-corrected chi connectivity index (χ3v) is 5.25. The molecule has 1 saturated heterocycles. The number of aromatic amines is 1. The maximum Gasteiger partial charge on any atom is 0.240 e. The van der Waals surface area contributed by atoms with Gasteiger partial charge in [0.25, 0.3) is 0 Å². The zero-order valence-corrected chi connectivity index (χ0v) is 13.3. The molecule has 1 aliphatic rings. The van der Waals surface area contributed by atoms with E-state index in [2.05, 4.69) is 14.9 Å². The van der Waals surface area contributed by atoms with Gasteiger partial charge in [-0.3, -0.25) is 9.89 Å². The van der Waals surface area contributed by atoms with Crippen molar-refractivity contribution in [1.29, 1.82) is 0 Å². The first kappa shape index (κ1) is 15.7. The average molecular weight is 334 g/mol. The molecule has 23 heavy (non-hydrogen) atoms. The maximum atomic E-state index is 12.2. The lowest BCUT2D eigenvalue weighted by molar-refractivity contribution is -0.117. The number of amides is 1. The maximum absolute atomic E-state index is 12.2. The highest BCUT2D eigenvalue weighted by atomic mass is 32.2. The SMILES string of the molecule is O=C1CCCN1c1ccc(S(=O)(=O)NCCc2ccn[nH]2)cc1. The van der Waals surface area contributed by atoms with Crippen molar-refractivity contribution in [2.75, 3.05) is 18.0 Å². The molecule has 1 aromatic heterocycles. The molecule has 1 aromatic carbocycles. The molecule has 0 atom stereocenters. The van der Waals surface area contributed by atoms with Gasteiger partial charge in [0.2, 0.25) is 15.9 Å². The Kier molecular flexibility index (Phi) is 4.44. The van der Waals surface area contributed by atoms with E-state index in [-0.39, 0.29) is 17.3 Å². The molecule has 1 fully saturated rings. The highest BCUT2D eigenvalue weighted by Crippen LogP contribution is 2.22. The Labute approximate surface area is 134 Å². The van der Waals surface area contributed by atoms with E-state index in [9.17, 15) is 13.2 Å². The van der Waals surface area contributed by atoms with Crippen molar-refractivity contribution in [3.8, 4) is 0 Å². The third-order valence-electron chi connectivity index (χ3n) is 3.78. The molecular weight excluding hydrogens is 316 g/mol. The molecule has 1 amide bonds. The Morgan fingerprint density at radius 1 is 1.22 bits per heavy atom. The molecule has 0 unspecified atom stereocenters. The molecule has 1 aliphatic heterocycles. The molecule has 122 valence electrons. The quantitative estimate of drug-likeness (QED) is 0.826. The van der Waals surface area contributed by atoms with E-state index in [1.165, 1.54) is 12.1 Å². The third kappa shape index (κ3) is 3.59. The molecule has 0 bridgehead atoms. The second-order valence-corrected chi connectivity index (χ2v) is 7.14. The van der Waals surface area contributed by atoms with E-state index in [4.69, 9.17) is 0 Å². The highest BCUT2D eigenvalue weighted by Gasteiger charge is 2.22. The molecule has 0 saturated carbocycles. The zero-order chi connectivity index (χ0) is 16.3. The van der Waals surface area contributed by atoms with Crippen molar-refractivity contribution < 1.29 is 13.2 Å². The van der Waals surface area contributed by atoms with Crippen LogP contribution in [0.25, 0.3) is 0 Å². The van der Waals surface area contributed by atoms with Gasteiger partial charge in [-0.1, -0.05) is 0 Å². The Hall–Kier alpha value is -2.19. The molecule has 8 heteroatoms. The van der Waals surface area contributed by atoms with Gasteiger partial charge in [0.1, 0.15) is 0 Å². The van der Waals surface area contributed by atoms with Crippen molar-refractivity contribution in [3.63, 3.8) is 0 Å². The van der Waals surface area contributed by atoms with Crippen LogP contribution >= 0.6 is 0 Å². The van der Waals surface area contributed by atoms with Crippen molar-refractivity contribution in [2.45, 2.75) is 24.2 Å². The van der Waals surface area contributed by atoms with Crippen LogP contribution in [0, 0.1) is 0 Å². The monoisotopic (exact) mass is 334 g/mol. The van der Waals surface area contributed by atoms with Gasteiger partial charge < -0.3 is 4.90 Å². The molecule has 2 N–H and O–H groups in total. The van der Waals surface area contributed by atoms with Crippen LogP contribution in [-0.4, -0.2) is 37.6 Å². The summed E-state index contributed by atoms with van der Waals surface area (Å²) >= 11 is 0. The number of rotatable bonds is 6. The lowest BCUT2D eigenvalue weighted by Crippen LogP contribution is -2.26. The number of nitrogens with zero attached hydrogens (tertiary/aromatic N) is 2. The van der Waals surface area contributed by atoms with Crippen LogP contribution in [0.2, 0.25) is 0 Å². The molecule has 0 radical (unpaired) electrons. The summed E-state index contributed by atoms with van der Waals surface area (Å²) in [5.74, 6) is 0.0817. The largest absolute Gasteiger partial charge is 0.312 e. The molecular formula is C15H18N4O3S. The van der Waals surface area contributed by atoms with Gasteiger partial charge in [-0.2, -0.15) is 5.10 Å². The summed E-state index contributed by atoms with van der Waals surface area (Å²) in [7, 11) is -3.56. The van der Waals surface area contributed by atoms with Crippen molar-refractivity contribution in [3.05, 3.63) is 42.2 Å². The summed E-state index contributed by atoms with van der Waals surface area (Å²) in [5, 5.41) is 6.60. The van der Waals surface area contributed by atoms with Crippen LogP contribution < -0.4 is 9.62 Å². The van der Waals surface area contributed by atoms with E-state index in [1.54, 1.807) is 29.3 Å². The van der Waals surface area contributed by atoms with Crippen LogP contribution in [-0.2, 0) is 21.2 Å². The first-order chi connectivity index (χ1) is 11.1. The van der Waals surface area contributed by atoms with E-state index in [0.29, 0.717) is 19.4 Å². The van der Waals surface area contributed by atoms with Crippen LogP contribution in [0.15, 0.2) is 41.4 Å². The van der Waals surface area contributed by atoms with Crippen LogP contribution in [0.4, 0.5) is 5.69 Å². The van der Waals surface area contributed by atoms with Gasteiger partial charge in [0.05, 0.1) is 4.90 Å². The number of hydrogen-bond donors (Lipinski definition) is 2. The van der Waals surface area contributed by atoms with Crippen LogP contribution in [0.3, 0.4) is 0 Å². The number of anilines is 1. The highest BCUT2D eigenvalue weighted by molar-refractivity contribution is 7.89. The predicted octanol–water partition coefficient (Wildman–Crippen LogP) is 1.06. The fourth-order valence-corrected chi connectivity index (χ4v) is 3.59. The minimum atomic E-state index is -3.56. The summed E-state index contributed by atoms with van der Waals surface area (Å²) in [6, 6.07) is 8.20. The van der Waals surface area contributed by atoms with E-state index < -0.39 is 10.0 Å². The predicted molar refractivity (Wildman–Crippen MR) is 85.5 cm³/mol. The lowest BCUT2D eigenvalue weighted by Gasteiger charge is -2.16. The van der Waals surface area contributed by atoms with Crippen LogP contribution in [0.1, 0.15) is 18.5 Å². The Bertz CT molecular complexity index is 770. The Balaban J connectivity index is 1.64. The summed E-state index contributed by atoms with van der Waals surface area (Å²) in [6.45, 7) is 0.976. The molecule has 3 rings (SSSR count). The van der Waals surface area contributed by atoms with Crippen molar-refractivity contribution >= 4 is 21.6 Å². The first-order valence-electron chi connectivity index (χ1n) is 7.44. The minimum Gasteiger partial charge on any atom is -0.312 e. The van der Waals surface area contributed by atoms with Crippen molar-refractivity contribution in [1.82, 2.24) is 14.9 Å². The second kappa shape index (κ2) is 6.51. The average Bonchev–Trinajstić information content (AvgIpc) is 3.19. The minimum absolute atomic E-state index is 0.0817. The molecule has 7 nitrogen and oxygen atoms in total. The lowest BCUT2D eigenvalue weighted by atomic mass is 10.3. The van der Waals surface area contributed by atoms with Crippen LogP contribution in [0.5, 0.6) is 0 Å². The van der Waals surface area contributed by atoms with Gasteiger partial charge in [-0.25, -0.2) is 13.1 Å². The number of hydrogen-bond acceptors (Lipinski definition) is 4. The van der Waals surface area contributed by atoms with Crippen molar-refractivity contribution in [2.24, 2.45) is 0 Å². The van der Waals surface area contributed by atoms with E-state index in [1.807, 2.05) is 0 Å². The number of benzene rings is 1. The van der Waals surface area contributed by atoms with Gasteiger partial charge in [-0.05, 0) is 36.8 Å². The number of carbonyl (C=O) groups is 1.